The van der Waals surface area contributed by atoms with Crippen LogP contribution in [0.4, 0.5) is 5.82 Å². The van der Waals surface area contributed by atoms with Gasteiger partial charge in [0.25, 0.3) is 5.91 Å². The summed E-state index contributed by atoms with van der Waals surface area (Å²) < 4.78 is 3.51. The second-order valence-electron chi connectivity index (χ2n) is 10.8. The van der Waals surface area contributed by atoms with Gasteiger partial charge in [0.05, 0.1) is 28.5 Å². The number of pyridine rings is 3. The summed E-state index contributed by atoms with van der Waals surface area (Å²) >= 11 is 6.15. The fourth-order valence-corrected chi connectivity index (χ4v) is 6.52. The molecule has 0 bridgehead atoms. The molecule has 5 aromatic rings. The Labute approximate surface area is 241 Å². The summed E-state index contributed by atoms with van der Waals surface area (Å²) in [5.41, 5.74) is 5.25. The first-order valence-corrected chi connectivity index (χ1v) is 13.8. The molecule has 2 fully saturated rings. The smallest absolute Gasteiger partial charge is 0.271 e. The number of rotatable bonds is 6. The third kappa shape index (κ3) is 4.39. The molecule has 41 heavy (non-hydrogen) atoms. The minimum atomic E-state index is -0.235. The van der Waals surface area contributed by atoms with E-state index in [1.807, 2.05) is 37.9 Å². The topological polar surface area (TPSA) is 117 Å². The van der Waals surface area contributed by atoms with Crippen molar-refractivity contribution in [2.24, 2.45) is 24.8 Å². The third-order valence-electron chi connectivity index (χ3n) is 8.32. The Kier molecular flexibility index (Phi) is 5.98. The number of nitrogens with zero attached hydrogens (tertiary/aromatic N) is 8. The Morgan fingerprint density at radius 1 is 1.07 bits per heavy atom. The minimum Gasteiger partial charge on any atom is -0.356 e. The van der Waals surface area contributed by atoms with Crippen LogP contribution in [0, 0.1) is 29.1 Å². The Morgan fingerprint density at radius 3 is 2.59 bits per heavy atom. The number of hydrogen-bond acceptors (Lipinski definition) is 7. The number of aromatic nitrogens is 6. The molecule has 1 saturated heterocycles. The predicted molar refractivity (Wildman–Crippen MR) is 154 cm³/mol. The van der Waals surface area contributed by atoms with Crippen LogP contribution in [-0.4, -0.2) is 54.4 Å². The lowest BCUT2D eigenvalue weighted by molar-refractivity contribution is 0.0928. The molecular formula is C30H26ClN9O. The van der Waals surface area contributed by atoms with E-state index in [0.717, 1.165) is 46.7 Å². The number of anilines is 1. The Morgan fingerprint density at radius 2 is 1.90 bits per heavy atom. The van der Waals surface area contributed by atoms with Gasteiger partial charge >= 0.3 is 0 Å². The van der Waals surface area contributed by atoms with Crippen molar-refractivity contribution in [1.82, 2.24) is 34.7 Å². The van der Waals surface area contributed by atoms with Crippen molar-refractivity contribution >= 4 is 28.8 Å². The number of piperidine rings is 1. The maximum absolute atomic E-state index is 12.7. The molecule has 1 N–H and O–H groups in total. The maximum Gasteiger partial charge on any atom is 0.271 e. The fraction of sp³-hybridized carbons (Fsp3) is 0.267. The number of carbonyl (C=O) groups excluding carboxylic acids is 1. The maximum atomic E-state index is 12.7. The zero-order chi connectivity index (χ0) is 28.2. The molecule has 0 aromatic carbocycles. The Balaban J connectivity index is 1.07. The van der Waals surface area contributed by atoms with Gasteiger partial charge in [-0.1, -0.05) is 11.6 Å². The monoisotopic (exact) mass is 563 g/mol. The van der Waals surface area contributed by atoms with E-state index in [1.54, 1.807) is 33.7 Å². The van der Waals surface area contributed by atoms with E-state index >= 15 is 0 Å². The second-order valence-corrected chi connectivity index (χ2v) is 11.2. The largest absolute Gasteiger partial charge is 0.356 e. The van der Waals surface area contributed by atoms with Crippen LogP contribution in [0.15, 0.2) is 67.5 Å². The highest BCUT2D eigenvalue weighted by molar-refractivity contribution is 6.33. The number of nitriles is 1. The fourth-order valence-electron chi connectivity index (χ4n) is 6.31. The number of nitrogens with one attached hydrogen (secondary N) is 1. The lowest BCUT2D eigenvalue weighted by atomic mass is 10.0. The average Bonchev–Trinajstić information content (AvgIpc) is 3.37. The number of amides is 1. The van der Waals surface area contributed by atoms with Gasteiger partial charge in [-0.25, -0.2) is 14.5 Å². The second kappa shape index (κ2) is 9.71. The van der Waals surface area contributed by atoms with Crippen LogP contribution in [0.3, 0.4) is 0 Å². The molecule has 4 atom stereocenters. The highest BCUT2D eigenvalue weighted by Gasteiger charge is 2.58. The summed E-state index contributed by atoms with van der Waals surface area (Å²) in [4.78, 5) is 23.9. The molecule has 2 aliphatic rings. The first-order valence-electron chi connectivity index (χ1n) is 13.4. The first kappa shape index (κ1) is 25.2. The molecule has 1 amide bonds. The van der Waals surface area contributed by atoms with Gasteiger partial charge in [0.1, 0.15) is 17.6 Å². The molecule has 6 heterocycles. The summed E-state index contributed by atoms with van der Waals surface area (Å²) in [6.45, 7) is 3.85. The highest BCUT2D eigenvalue weighted by atomic mass is 35.5. The molecule has 5 aromatic heterocycles. The number of hydrogen-bond donors (Lipinski definition) is 1. The first-order chi connectivity index (χ1) is 19.9. The molecule has 0 radical (unpaired) electrons. The van der Waals surface area contributed by atoms with Crippen molar-refractivity contribution in [1.29, 1.82) is 5.26 Å². The number of fused-ring (bicyclic) bond motifs is 2. The van der Waals surface area contributed by atoms with E-state index in [4.69, 9.17) is 16.6 Å². The van der Waals surface area contributed by atoms with Crippen molar-refractivity contribution in [3.8, 4) is 28.3 Å². The van der Waals surface area contributed by atoms with Gasteiger partial charge in [-0.2, -0.15) is 15.5 Å². The highest BCUT2D eigenvalue weighted by Crippen LogP contribution is 2.54. The number of aryl methyl sites for hydroxylation is 1. The predicted octanol–water partition coefficient (Wildman–Crippen LogP) is 4.22. The van der Waals surface area contributed by atoms with E-state index in [9.17, 15) is 10.1 Å². The van der Waals surface area contributed by atoms with Crippen LogP contribution in [0.5, 0.6) is 0 Å². The van der Waals surface area contributed by atoms with Gasteiger partial charge in [0.15, 0.2) is 0 Å². The minimum absolute atomic E-state index is 0.0348. The molecule has 1 aliphatic carbocycles. The van der Waals surface area contributed by atoms with Crippen molar-refractivity contribution < 1.29 is 4.79 Å². The molecule has 0 unspecified atom stereocenters. The summed E-state index contributed by atoms with van der Waals surface area (Å²) in [6.07, 6.45) is 10.7. The molecular weight excluding hydrogens is 538 g/mol. The van der Waals surface area contributed by atoms with Gasteiger partial charge in [-0.15, -0.1) is 0 Å². The third-order valence-corrected chi connectivity index (χ3v) is 8.63. The van der Waals surface area contributed by atoms with Crippen molar-refractivity contribution in [2.75, 3.05) is 18.0 Å². The summed E-state index contributed by atoms with van der Waals surface area (Å²) in [6, 6.07) is 11.8. The van der Waals surface area contributed by atoms with Crippen LogP contribution in [-0.2, 0) is 7.05 Å². The van der Waals surface area contributed by atoms with E-state index in [-0.39, 0.29) is 17.6 Å². The molecule has 11 heteroatoms. The number of carbonyl (C=O) groups is 1. The Bertz CT molecular complexity index is 1830. The molecule has 0 spiro atoms. The van der Waals surface area contributed by atoms with Crippen LogP contribution in [0.25, 0.3) is 27.8 Å². The molecule has 1 saturated carbocycles. The SMILES string of the molecule is C[C@@H](NC(=O)c1ncccc1Cl)[C@@H]1[C@@H]2CN(c3ccc(-c4cc(-c5cnn(C)c5)cn5ncc(C#N)c45)cn3)C[C@@H]21. The van der Waals surface area contributed by atoms with Crippen molar-refractivity contribution in [3.05, 3.63) is 83.8 Å². The molecule has 10 nitrogen and oxygen atoms in total. The number of halogens is 1. The summed E-state index contributed by atoms with van der Waals surface area (Å²) in [5, 5.41) is 21.9. The zero-order valence-electron chi connectivity index (χ0n) is 22.4. The van der Waals surface area contributed by atoms with Crippen molar-refractivity contribution in [2.45, 2.75) is 13.0 Å². The lowest BCUT2D eigenvalue weighted by Gasteiger charge is -2.23. The van der Waals surface area contributed by atoms with Crippen LogP contribution in [0.1, 0.15) is 23.0 Å². The lowest BCUT2D eigenvalue weighted by Crippen LogP contribution is -2.38. The summed E-state index contributed by atoms with van der Waals surface area (Å²) in [5.74, 6) is 2.12. The normalized spacial score (nSPS) is 20.0. The van der Waals surface area contributed by atoms with Gasteiger partial charge in [0, 0.05) is 73.2 Å². The van der Waals surface area contributed by atoms with Crippen LogP contribution >= 0.6 is 11.6 Å². The van der Waals surface area contributed by atoms with Crippen LogP contribution < -0.4 is 10.2 Å². The molecule has 1 aliphatic heterocycles. The average molecular weight is 564 g/mol. The Hall–Kier alpha value is -4.75. The standard InChI is InChI=1S/C30H26ClN9O/c1-17(37-30(41)28-25(31)4-3-7-33-28)27-23-15-39(16-24(23)27)26-6-5-18(10-34-26)22-8-19(21-12-35-38(2)13-21)14-40-29(22)20(9-32)11-36-40/h3-8,10-14,17,23-24,27H,15-16H2,1-2H3,(H,37,41)/t17-,23-,24+,27-/m1/s1. The van der Waals surface area contributed by atoms with Gasteiger partial charge < -0.3 is 10.2 Å². The van der Waals surface area contributed by atoms with Gasteiger partial charge in [-0.3, -0.25) is 9.48 Å². The van der Waals surface area contributed by atoms with E-state index < -0.39 is 0 Å². The van der Waals surface area contributed by atoms with Crippen LogP contribution in [0.2, 0.25) is 5.02 Å². The van der Waals surface area contributed by atoms with Gasteiger partial charge in [0.2, 0.25) is 0 Å². The van der Waals surface area contributed by atoms with E-state index in [1.165, 1.54) is 0 Å². The molecule has 7 rings (SSSR count). The van der Waals surface area contributed by atoms with Crippen molar-refractivity contribution in [3.63, 3.8) is 0 Å². The van der Waals surface area contributed by atoms with Gasteiger partial charge in [-0.05, 0) is 55.0 Å². The quantitative estimate of drug-likeness (QED) is 0.329. The summed E-state index contributed by atoms with van der Waals surface area (Å²) in [7, 11) is 1.88. The van der Waals surface area contributed by atoms with E-state index in [2.05, 4.69) is 50.5 Å². The van der Waals surface area contributed by atoms with E-state index in [0.29, 0.717) is 28.3 Å². The zero-order valence-corrected chi connectivity index (χ0v) is 23.2. The molecule has 204 valence electrons.